The molecule has 33 heavy (non-hydrogen) atoms. The quantitative estimate of drug-likeness (QED) is 0.391. The highest BCUT2D eigenvalue weighted by molar-refractivity contribution is 6.30. The van der Waals surface area contributed by atoms with Crippen LogP contribution in [0.1, 0.15) is 26.3 Å². The number of halogens is 1. The molecule has 0 atom stereocenters. The van der Waals surface area contributed by atoms with E-state index < -0.39 is 11.8 Å². The standard InChI is InChI=1S/C22H22ClN7O3/c1-29-20(17(13-26-29)22(32)27-18-7-6-16(23)12-25-18)28-21(31)15-4-2-14(3-5-15)19(24)30-8-10-33-11-9-30/h2-7,12-13,24H,8-11H2,1H3,(H,28,31)(H,25,27,32). The zero-order valence-corrected chi connectivity index (χ0v) is 18.6. The molecule has 1 aliphatic rings. The fourth-order valence-electron chi connectivity index (χ4n) is 3.31. The number of aryl methyl sites for hydroxylation is 1. The highest BCUT2D eigenvalue weighted by atomic mass is 35.5. The Balaban J connectivity index is 1.45. The maximum atomic E-state index is 12.8. The van der Waals surface area contributed by atoms with Gasteiger partial charge in [-0.2, -0.15) is 5.10 Å². The van der Waals surface area contributed by atoms with Crippen LogP contribution in [-0.4, -0.2) is 63.6 Å². The van der Waals surface area contributed by atoms with Gasteiger partial charge in [0, 0.05) is 37.5 Å². The molecule has 1 aromatic carbocycles. The first-order valence-corrected chi connectivity index (χ1v) is 10.6. The zero-order chi connectivity index (χ0) is 23.4. The van der Waals surface area contributed by atoms with Crippen LogP contribution >= 0.6 is 11.6 Å². The van der Waals surface area contributed by atoms with Gasteiger partial charge >= 0.3 is 0 Å². The number of carbonyl (C=O) groups excluding carboxylic acids is 2. The van der Waals surface area contributed by atoms with Gasteiger partial charge in [0.25, 0.3) is 11.8 Å². The number of amides is 2. The largest absolute Gasteiger partial charge is 0.378 e. The van der Waals surface area contributed by atoms with E-state index in [9.17, 15) is 9.59 Å². The van der Waals surface area contributed by atoms with Crippen LogP contribution < -0.4 is 10.6 Å². The average molecular weight is 468 g/mol. The molecule has 2 amide bonds. The lowest BCUT2D eigenvalue weighted by atomic mass is 10.1. The van der Waals surface area contributed by atoms with Crippen LogP contribution in [0.25, 0.3) is 0 Å². The van der Waals surface area contributed by atoms with Crippen molar-refractivity contribution in [1.29, 1.82) is 5.41 Å². The molecule has 1 aliphatic heterocycles. The van der Waals surface area contributed by atoms with Gasteiger partial charge in [0.2, 0.25) is 0 Å². The lowest BCUT2D eigenvalue weighted by Crippen LogP contribution is -2.40. The van der Waals surface area contributed by atoms with E-state index in [0.29, 0.717) is 54.1 Å². The summed E-state index contributed by atoms with van der Waals surface area (Å²) in [6.07, 6.45) is 2.79. The van der Waals surface area contributed by atoms with Gasteiger partial charge in [-0.3, -0.25) is 19.7 Å². The molecule has 0 spiro atoms. The molecule has 0 radical (unpaired) electrons. The molecule has 170 valence electrons. The molecule has 3 aromatic rings. The predicted octanol–water partition coefficient (Wildman–Crippen LogP) is 2.63. The van der Waals surface area contributed by atoms with Crippen molar-refractivity contribution < 1.29 is 14.3 Å². The number of anilines is 2. The van der Waals surface area contributed by atoms with Crippen molar-refractivity contribution in [3.05, 3.63) is 70.5 Å². The zero-order valence-electron chi connectivity index (χ0n) is 17.8. The van der Waals surface area contributed by atoms with E-state index >= 15 is 0 Å². The van der Waals surface area contributed by atoms with E-state index in [1.165, 1.54) is 17.1 Å². The van der Waals surface area contributed by atoms with Crippen LogP contribution in [0.2, 0.25) is 5.02 Å². The second-order valence-electron chi connectivity index (χ2n) is 7.33. The Hall–Kier alpha value is -3.76. The molecule has 0 aliphatic carbocycles. The number of nitrogens with zero attached hydrogens (tertiary/aromatic N) is 4. The molecule has 1 fully saturated rings. The molecule has 2 aromatic heterocycles. The second-order valence-corrected chi connectivity index (χ2v) is 7.76. The van der Waals surface area contributed by atoms with Crippen LogP contribution in [0.3, 0.4) is 0 Å². The van der Waals surface area contributed by atoms with E-state index in [4.69, 9.17) is 21.7 Å². The summed E-state index contributed by atoms with van der Waals surface area (Å²) >= 11 is 5.82. The number of pyridine rings is 1. The predicted molar refractivity (Wildman–Crippen MR) is 124 cm³/mol. The summed E-state index contributed by atoms with van der Waals surface area (Å²) < 4.78 is 6.73. The topological polar surface area (TPSA) is 125 Å². The van der Waals surface area contributed by atoms with E-state index in [0.717, 1.165) is 0 Å². The minimum Gasteiger partial charge on any atom is -0.378 e. The molecular weight excluding hydrogens is 446 g/mol. The summed E-state index contributed by atoms with van der Waals surface area (Å²) in [6, 6.07) is 9.94. The van der Waals surface area contributed by atoms with E-state index in [1.807, 2.05) is 4.90 Å². The van der Waals surface area contributed by atoms with Crippen molar-refractivity contribution in [2.24, 2.45) is 7.05 Å². The number of hydrogen-bond acceptors (Lipinski definition) is 6. The monoisotopic (exact) mass is 467 g/mol. The van der Waals surface area contributed by atoms with Gasteiger partial charge in [-0.1, -0.05) is 23.7 Å². The number of morpholine rings is 1. The van der Waals surface area contributed by atoms with Crippen LogP contribution in [0.4, 0.5) is 11.6 Å². The van der Waals surface area contributed by atoms with Gasteiger partial charge in [0.15, 0.2) is 0 Å². The molecular formula is C22H22ClN7O3. The molecule has 3 N–H and O–H groups in total. The van der Waals surface area contributed by atoms with Crippen LogP contribution in [0, 0.1) is 5.41 Å². The summed E-state index contributed by atoms with van der Waals surface area (Å²) in [5.41, 5.74) is 1.29. The number of benzene rings is 1. The molecule has 0 saturated carbocycles. The van der Waals surface area contributed by atoms with Crippen LogP contribution in [0.5, 0.6) is 0 Å². The highest BCUT2D eigenvalue weighted by Gasteiger charge is 2.20. The minimum absolute atomic E-state index is 0.188. The fourth-order valence-corrected chi connectivity index (χ4v) is 3.43. The molecule has 11 heteroatoms. The second kappa shape index (κ2) is 9.80. The Bertz CT molecular complexity index is 1170. The van der Waals surface area contributed by atoms with Crippen molar-refractivity contribution in [3.63, 3.8) is 0 Å². The molecule has 3 heterocycles. The number of ether oxygens (including phenoxy) is 1. The first kappa shape index (κ1) is 22.4. The normalized spacial score (nSPS) is 13.5. The summed E-state index contributed by atoms with van der Waals surface area (Å²) in [5, 5.41) is 18.3. The van der Waals surface area contributed by atoms with E-state index in [-0.39, 0.29) is 11.4 Å². The maximum absolute atomic E-state index is 12.8. The van der Waals surface area contributed by atoms with Crippen molar-refractivity contribution in [1.82, 2.24) is 19.7 Å². The number of nitrogens with one attached hydrogen (secondary N) is 3. The molecule has 0 bridgehead atoms. The number of hydrogen-bond donors (Lipinski definition) is 3. The Morgan fingerprint density at radius 3 is 2.36 bits per heavy atom. The average Bonchev–Trinajstić information content (AvgIpc) is 3.20. The lowest BCUT2D eigenvalue weighted by molar-refractivity contribution is 0.0680. The van der Waals surface area contributed by atoms with E-state index in [2.05, 4.69) is 20.7 Å². The van der Waals surface area contributed by atoms with E-state index in [1.54, 1.807) is 43.4 Å². The summed E-state index contributed by atoms with van der Waals surface area (Å²) in [5.74, 6) is 0.0938. The third-order valence-electron chi connectivity index (χ3n) is 5.13. The molecule has 10 nitrogen and oxygen atoms in total. The summed E-state index contributed by atoms with van der Waals surface area (Å²) in [4.78, 5) is 31.5. The Morgan fingerprint density at radius 1 is 1.00 bits per heavy atom. The van der Waals surface area contributed by atoms with Crippen molar-refractivity contribution in [2.75, 3.05) is 36.9 Å². The van der Waals surface area contributed by atoms with Crippen LogP contribution in [0.15, 0.2) is 48.8 Å². The van der Waals surface area contributed by atoms with Crippen molar-refractivity contribution in [2.45, 2.75) is 0 Å². The number of aromatic nitrogens is 3. The maximum Gasteiger partial charge on any atom is 0.262 e. The van der Waals surface area contributed by atoms with Gasteiger partial charge in [0.1, 0.15) is 23.0 Å². The van der Waals surface area contributed by atoms with Gasteiger partial charge < -0.3 is 20.3 Å². The first-order valence-electron chi connectivity index (χ1n) is 10.2. The van der Waals surface area contributed by atoms with Crippen molar-refractivity contribution in [3.8, 4) is 0 Å². The van der Waals surface area contributed by atoms with Gasteiger partial charge in [-0.15, -0.1) is 0 Å². The Morgan fingerprint density at radius 2 is 1.70 bits per heavy atom. The van der Waals surface area contributed by atoms with Gasteiger partial charge in [0.05, 0.1) is 24.4 Å². The third-order valence-corrected chi connectivity index (χ3v) is 5.36. The lowest BCUT2D eigenvalue weighted by Gasteiger charge is -2.29. The smallest absolute Gasteiger partial charge is 0.262 e. The minimum atomic E-state index is -0.470. The Kier molecular flexibility index (Phi) is 6.66. The summed E-state index contributed by atoms with van der Waals surface area (Å²) in [6.45, 7) is 2.52. The SMILES string of the molecule is Cn1ncc(C(=O)Nc2ccc(Cl)cn2)c1NC(=O)c1ccc(C(=N)N2CCOCC2)cc1. The van der Waals surface area contributed by atoms with Gasteiger partial charge in [-0.05, 0) is 24.3 Å². The number of carbonyl (C=O) groups is 2. The highest BCUT2D eigenvalue weighted by Crippen LogP contribution is 2.18. The van der Waals surface area contributed by atoms with Gasteiger partial charge in [-0.25, -0.2) is 4.98 Å². The third kappa shape index (κ3) is 5.18. The number of amidine groups is 1. The molecule has 1 saturated heterocycles. The van der Waals surface area contributed by atoms with Crippen LogP contribution in [-0.2, 0) is 11.8 Å². The molecule has 0 unspecified atom stereocenters. The Labute approximate surface area is 195 Å². The number of rotatable bonds is 5. The fraction of sp³-hybridized carbons (Fsp3) is 0.227. The van der Waals surface area contributed by atoms with Crippen molar-refractivity contribution >= 4 is 40.9 Å². The molecule has 4 rings (SSSR count). The summed E-state index contributed by atoms with van der Waals surface area (Å²) in [7, 11) is 1.62. The first-order chi connectivity index (χ1) is 15.9.